The zero-order valence-electron chi connectivity index (χ0n) is 13.5. The lowest BCUT2D eigenvalue weighted by atomic mass is 10.0. The van der Waals surface area contributed by atoms with Crippen molar-refractivity contribution in [2.45, 2.75) is 25.4 Å². The van der Waals surface area contributed by atoms with Crippen molar-refractivity contribution in [3.05, 3.63) is 47.0 Å². The van der Waals surface area contributed by atoms with Crippen LogP contribution in [0.2, 0.25) is 5.15 Å². The average Bonchev–Trinajstić information content (AvgIpc) is 3.24. The van der Waals surface area contributed by atoms with Gasteiger partial charge < -0.3 is 19.7 Å². The van der Waals surface area contributed by atoms with Crippen LogP contribution in [-0.2, 0) is 5.60 Å². The highest BCUT2D eigenvalue weighted by atomic mass is 35.5. The molecule has 1 aliphatic rings. The number of aliphatic hydroxyl groups is 1. The summed E-state index contributed by atoms with van der Waals surface area (Å²) in [6, 6.07) is 6.61. The number of furan rings is 1. The molecule has 0 saturated carbocycles. The van der Waals surface area contributed by atoms with E-state index in [9.17, 15) is 9.90 Å². The molecular formula is C17H20ClN3O3. The fourth-order valence-corrected chi connectivity index (χ4v) is 2.95. The zero-order chi connectivity index (χ0) is 17.2. The second-order valence-corrected chi connectivity index (χ2v) is 6.55. The maximum Gasteiger partial charge on any atom is 0.251 e. The van der Waals surface area contributed by atoms with Crippen molar-refractivity contribution >= 4 is 23.3 Å². The number of hydrogen-bond donors (Lipinski definition) is 2. The number of hydrogen-bond acceptors (Lipinski definition) is 5. The van der Waals surface area contributed by atoms with Crippen LogP contribution in [0.1, 0.15) is 35.9 Å². The molecule has 0 bridgehead atoms. The molecule has 2 aromatic heterocycles. The van der Waals surface area contributed by atoms with Crippen LogP contribution in [0.3, 0.4) is 0 Å². The SMILES string of the molecule is CC(O)(CNC(=O)c1cc(Cl)nc(N2CCCC2)c1)c1ccco1. The molecule has 0 aromatic carbocycles. The lowest BCUT2D eigenvalue weighted by Crippen LogP contribution is -2.38. The van der Waals surface area contributed by atoms with Crippen LogP contribution in [0.15, 0.2) is 34.9 Å². The van der Waals surface area contributed by atoms with Gasteiger partial charge in [-0.25, -0.2) is 4.98 Å². The van der Waals surface area contributed by atoms with E-state index in [-0.39, 0.29) is 17.6 Å². The molecule has 0 radical (unpaired) electrons. The van der Waals surface area contributed by atoms with E-state index in [0.29, 0.717) is 17.1 Å². The maximum absolute atomic E-state index is 12.4. The Balaban J connectivity index is 1.70. The van der Waals surface area contributed by atoms with Crippen molar-refractivity contribution in [1.82, 2.24) is 10.3 Å². The molecule has 2 N–H and O–H groups in total. The van der Waals surface area contributed by atoms with Crippen molar-refractivity contribution in [3.63, 3.8) is 0 Å². The number of pyridine rings is 1. The topological polar surface area (TPSA) is 78.6 Å². The van der Waals surface area contributed by atoms with Crippen LogP contribution >= 0.6 is 11.6 Å². The van der Waals surface area contributed by atoms with Crippen molar-refractivity contribution in [1.29, 1.82) is 0 Å². The van der Waals surface area contributed by atoms with Gasteiger partial charge >= 0.3 is 0 Å². The molecule has 1 saturated heterocycles. The van der Waals surface area contributed by atoms with E-state index in [2.05, 4.69) is 15.2 Å². The van der Waals surface area contributed by atoms with Gasteiger partial charge in [-0.3, -0.25) is 4.79 Å². The van der Waals surface area contributed by atoms with Gasteiger partial charge in [0.05, 0.1) is 12.8 Å². The predicted molar refractivity (Wildman–Crippen MR) is 91.3 cm³/mol. The predicted octanol–water partition coefficient (Wildman–Crippen LogP) is 2.57. The average molecular weight is 350 g/mol. The molecule has 6 nitrogen and oxygen atoms in total. The Morgan fingerprint density at radius 2 is 2.21 bits per heavy atom. The minimum atomic E-state index is -1.28. The molecule has 0 spiro atoms. The Morgan fingerprint density at radius 1 is 1.46 bits per heavy atom. The first kappa shape index (κ1) is 16.8. The number of nitrogens with one attached hydrogen (secondary N) is 1. The lowest BCUT2D eigenvalue weighted by molar-refractivity contribution is 0.0330. The minimum Gasteiger partial charge on any atom is -0.466 e. The fraction of sp³-hybridized carbons (Fsp3) is 0.412. The number of carbonyl (C=O) groups is 1. The molecule has 1 aliphatic heterocycles. The molecule has 2 aromatic rings. The number of halogens is 1. The van der Waals surface area contributed by atoms with Crippen LogP contribution in [0, 0.1) is 0 Å². The number of amides is 1. The van der Waals surface area contributed by atoms with Crippen LogP contribution in [-0.4, -0.2) is 35.6 Å². The van der Waals surface area contributed by atoms with Gasteiger partial charge in [-0.15, -0.1) is 0 Å². The summed E-state index contributed by atoms with van der Waals surface area (Å²) >= 11 is 6.06. The standard InChI is InChI=1S/C17H20ClN3O3/c1-17(23,13-5-4-8-24-13)11-19-16(22)12-9-14(18)20-15(10-12)21-6-2-3-7-21/h4-5,8-10,23H,2-3,6-7,11H2,1H3,(H,19,22). The molecule has 1 fully saturated rings. The Labute approximate surface area is 145 Å². The minimum absolute atomic E-state index is 0.0261. The molecule has 1 amide bonds. The van der Waals surface area contributed by atoms with Crippen LogP contribution in [0.4, 0.5) is 5.82 Å². The first-order valence-electron chi connectivity index (χ1n) is 7.93. The van der Waals surface area contributed by atoms with E-state index < -0.39 is 5.60 Å². The zero-order valence-corrected chi connectivity index (χ0v) is 14.2. The lowest BCUT2D eigenvalue weighted by Gasteiger charge is -2.21. The van der Waals surface area contributed by atoms with Crippen molar-refractivity contribution in [3.8, 4) is 0 Å². The summed E-state index contributed by atoms with van der Waals surface area (Å²) in [5.41, 5.74) is -0.861. The van der Waals surface area contributed by atoms with Gasteiger partial charge in [0.2, 0.25) is 0 Å². The van der Waals surface area contributed by atoms with Gasteiger partial charge in [-0.1, -0.05) is 11.6 Å². The molecule has 128 valence electrons. The third kappa shape index (κ3) is 3.71. The van der Waals surface area contributed by atoms with Gasteiger partial charge in [0.25, 0.3) is 5.91 Å². The third-order valence-electron chi connectivity index (χ3n) is 4.12. The number of rotatable bonds is 5. The summed E-state index contributed by atoms with van der Waals surface area (Å²) in [4.78, 5) is 18.8. The number of anilines is 1. The summed E-state index contributed by atoms with van der Waals surface area (Å²) in [6.07, 6.45) is 3.71. The maximum atomic E-state index is 12.4. The molecule has 1 unspecified atom stereocenters. The number of nitrogens with zero attached hydrogens (tertiary/aromatic N) is 2. The van der Waals surface area contributed by atoms with Gasteiger partial charge in [-0.05, 0) is 44.0 Å². The highest BCUT2D eigenvalue weighted by Crippen LogP contribution is 2.23. The fourth-order valence-electron chi connectivity index (χ4n) is 2.75. The van der Waals surface area contributed by atoms with E-state index in [1.54, 1.807) is 25.1 Å². The molecule has 3 rings (SSSR count). The quantitative estimate of drug-likeness (QED) is 0.811. The molecular weight excluding hydrogens is 330 g/mol. The first-order valence-corrected chi connectivity index (χ1v) is 8.30. The van der Waals surface area contributed by atoms with Crippen LogP contribution in [0.25, 0.3) is 0 Å². The molecule has 3 heterocycles. The Morgan fingerprint density at radius 3 is 2.88 bits per heavy atom. The second kappa shape index (κ2) is 6.83. The molecule has 1 atom stereocenters. The van der Waals surface area contributed by atoms with Crippen molar-refractivity contribution < 1.29 is 14.3 Å². The van der Waals surface area contributed by atoms with E-state index in [1.165, 1.54) is 12.3 Å². The highest BCUT2D eigenvalue weighted by molar-refractivity contribution is 6.29. The Bertz CT molecular complexity index is 710. The van der Waals surface area contributed by atoms with E-state index >= 15 is 0 Å². The Kier molecular flexibility index (Phi) is 4.78. The summed E-state index contributed by atoms with van der Waals surface area (Å²) in [5, 5.41) is 13.4. The summed E-state index contributed by atoms with van der Waals surface area (Å²) < 4.78 is 5.20. The van der Waals surface area contributed by atoms with Crippen molar-refractivity contribution in [2.24, 2.45) is 0 Å². The Hall–Kier alpha value is -2.05. The van der Waals surface area contributed by atoms with Gasteiger partial charge in [0, 0.05) is 18.7 Å². The largest absolute Gasteiger partial charge is 0.466 e. The normalized spacial score (nSPS) is 16.9. The second-order valence-electron chi connectivity index (χ2n) is 6.16. The molecule has 7 heteroatoms. The highest BCUT2D eigenvalue weighted by Gasteiger charge is 2.27. The van der Waals surface area contributed by atoms with Gasteiger partial charge in [0.15, 0.2) is 0 Å². The molecule has 24 heavy (non-hydrogen) atoms. The van der Waals surface area contributed by atoms with Crippen LogP contribution < -0.4 is 10.2 Å². The van der Waals surface area contributed by atoms with E-state index in [1.807, 2.05) is 0 Å². The van der Waals surface area contributed by atoms with E-state index in [4.69, 9.17) is 16.0 Å². The van der Waals surface area contributed by atoms with Gasteiger partial charge in [-0.2, -0.15) is 0 Å². The summed E-state index contributed by atoms with van der Waals surface area (Å²) in [7, 11) is 0. The first-order chi connectivity index (χ1) is 11.5. The number of aromatic nitrogens is 1. The summed E-state index contributed by atoms with van der Waals surface area (Å²) in [6.45, 7) is 3.45. The third-order valence-corrected chi connectivity index (χ3v) is 4.31. The van der Waals surface area contributed by atoms with Crippen molar-refractivity contribution in [2.75, 3.05) is 24.5 Å². The van der Waals surface area contributed by atoms with E-state index in [0.717, 1.165) is 25.9 Å². The van der Waals surface area contributed by atoms with Gasteiger partial charge in [0.1, 0.15) is 22.3 Å². The molecule has 0 aliphatic carbocycles. The number of carbonyl (C=O) groups excluding carboxylic acids is 1. The monoisotopic (exact) mass is 349 g/mol. The van der Waals surface area contributed by atoms with Crippen LogP contribution in [0.5, 0.6) is 0 Å². The summed E-state index contributed by atoms with van der Waals surface area (Å²) in [5.74, 6) is 0.794. The smallest absolute Gasteiger partial charge is 0.251 e.